The third kappa shape index (κ3) is 5.45. The van der Waals surface area contributed by atoms with Gasteiger partial charge in [-0.15, -0.1) is 0 Å². The van der Waals surface area contributed by atoms with Crippen molar-refractivity contribution in [2.75, 3.05) is 53.4 Å². The summed E-state index contributed by atoms with van der Waals surface area (Å²) in [6, 6.07) is 12.0. The van der Waals surface area contributed by atoms with E-state index in [0.29, 0.717) is 35.7 Å². The fraction of sp³-hybridized carbons (Fsp3) is 0.379. The van der Waals surface area contributed by atoms with Gasteiger partial charge in [0.1, 0.15) is 11.6 Å². The molecule has 0 unspecified atom stereocenters. The lowest BCUT2D eigenvalue weighted by molar-refractivity contribution is -0.122. The molecule has 0 aliphatic carbocycles. The summed E-state index contributed by atoms with van der Waals surface area (Å²) in [4.78, 5) is 44.2. The molecule has 4 amide bonds. The second-order valence-electron chi connectivity index (χ2n) is 10.1. The Labute approximate surface area is 227 Å². The van der Waals surface area contributed by atoms with Gasteiger partial charge in [-0.1, -0.05) is 24.0 Å². The summed E-state index contributed by atoms with van der Waals surface area (Å²) in [7, 11) is 3.67. The first-order valence-corrected chi connectivity index (χ1v) is 13.0. The highest BCUT2D eigenvalue weighted by atomic mass is 16.5. The average Bonchev–Trinajstić information content (AvgIpc) is 3.07. The van der Waals surface area contributed by atoms with Crippen molar-refractivity contribution < 1.29 is 19.1 Å². The van der Waals surface area contributed by atoms with Crippen molar-refractivity contribution in [3.05, 3.63) is 64.7 Å². The second-order valence-corrected chi connectivity index (χ2v) is 10.1. The molecule has 5 rings (SSSR count). The maximum atomic E-state index is 13.2. The Bertz CT molecular complexity index is 1380. The number of carbonyl (C=O) groups is 3. The molecular weight excluding hydrogens is 496 g/mol. The highest BCUT2D eigenvalue weighted by Crippen LogP contribution is 2.25. The quantitative estimate of drug-likeness (QED) is 0.238. The van der Waals surface area contributed by atoms with Crippen molar-refractivity contribution in [3.8, 4) is 17.6 Å². The first-order chi connectivity index (χ1) is 18.8. The van der Waals surface area contributed by atoms with E-state index in [1.54, 1.807) is 36.3 Å². The first-order valence-electron chi connectivity index (χ1n) is 13.0. The molecule has 10 heteroatoms. The molecule has 2 saturated heterocycles. The third-order valence-electron chi connectivity index (χ3n) is 7.47. The molecule has 2 fully saturated rings. The Morgan fingerprint density at radius 3 is 2.56 bits per heavy atom. The Morgan fingerprint density at radius 2 is 1.85 bits per heavy atom. The van der Waals surface area contributed by atoms with Gasteiger partial charge in [-0.05, 0) is 62.3 Å². The van der Waals surface area contributed by atoms with E-state index in [0.717, 1.165) is 43.7 Å². The number of carbonyl (C=O) groups excluding carboxylic acids is 3. The molecule has 2 aromatic carbocycles. The van der Waals surface area contributed by atoms with E-state index >= 15 is 0 Å². The summed E-state index contributed by atoms with van der Waals surface area (Å²) in [6.07, 6.45) is 1.61. The molecule has 3 heterocycles. The number of hydrogen-bond acceptors (Lipinski definition) is 6. The minimum absolute atomic E-state index is 0.0754. The normalized spacial score (nSPS) is 21.3. The van der Waals surface area contributed by atoms with Gasteiger partial charge >= 0.3 is 6.03 Å². The van der Waals surface area contributed by atoms with Crippen LogP contribution in [0.4, 0.5) is 4.79 Å². The SMILES string of the molecule is COc1ccc2c(c1)CCN(C[C@@]1(C#Cc3ccc(C(=N)N4CCCN(C)CC4)cc3)NC(=O)NC1=O)C2=O. The summed E-state index contributed by atoms with van der Waals surface area (Å²) in [5, 5.41) is 13.6. The molecular formula is C29H32N6O4. The zero-order chi connectivity index (χ0) is 27.6. The van der Waals surface area contributed by atoms with Crippen molar-refractivity contribution >= 4 is 23.7 Å². The van der Waals surface area contributed by atoms with E-state index in [1.807, 2.05) is 18.2 Å². The van der Waals surface area contributed by atoms with Crippen LogP contribution in [0.3, 0.4) is 0 Å². The minimum Gasteiger partial charge on any atom is -0.497 e. The van der Waals surface area contributed by atoms with Gasteiger partial charge in [0.15, 0.2) is 0 Å². The number of hydrogen-bond donors (Lipinski definition) is 3. The maximum absolute atomic E-state index is 13.2. The van der Waals surface area contributed by atoms with Gasteiger partial charge < -0.3 is 24.8 Å². The van der Waals surface area contributed by atoms with Gasteiger partial charge in [-0.25, -0.2) is 4.79 Å². The van der Waals surface area contributed by atoms with Crippen LogP contribution in [0.2, 0.25) is 0 Å². The molecule has 39 heavy (non-hydrogen) atoms. The standard InChI is InChI=1S/C29H32N6O4/c1-33-13-3-14-34(17-16-33)25(30)21-6-4-20(5-7-21)10-12-29(27(37)31-28(38)32-29)19-35-15-11-22-18-23(39-2)8-9-24(22)26(35)36/h4-9,18,30H,3,11,13-17,19H2,1-2H3,(H2,31,32,37,38)/t29-/m1/s1. The van der Waals surface area contributed by atoms with Crippen LogP contribution in [0.5, 0.6) is 5.75 Å². The monoisotopic (exact) mass is 528 g/mol. The first kappa shape index (κ1) is 26.3. The number of methoxy groups -OCH3 is 1. The zero-order valence-corrected chi connectivity index (χ0v) is 22.2. The number of nitrogens with zero attached hydrogens (tertiary/aromatic N) is 3. The molecule has 3 aliphatic rings. The number of benzene rings is 2. The highest BCUT2D eigenvalue weighted by Gasteiger charge is 2.47. The summed E-state index contributed by atoms with van der Waals surface area (Å²) >= 11 is 0. The van der Waals surface area contributed by atoms with Crippen molar-refractivity contribution in [3.63, 3.8) is 0 Å². The van der Waals surface area contributed by atoms with Gasteiger partial charge in [0.05, 0.1) is 13.7 Å². The van der Waals surface area contributed by atoms with Gasteiger partial charge in [-0.2, -0.15) is 0 Å². The smallest absolute Gasteiger partial charge is 0.323 e. The van der Waals surface area contributed by atoms with Crippen LogP contribution in [0.1, 0.15) is 33.5 Å². The van der Waals surface area contributed by atoms with Gasteiger partial charge in [0.2, 0.25) is 5.54 Å². The van der Waals surface area contributed by atoms with Crippen LogP contribution in [-0.4, -0.2) is 97.3 Å². The largest absolute Gasteiger partial charge is 0.497 e. The summed E-state index contributed by atoms with van der Waals surface area (Å²) < 4.78 is 5.27. The van der Waals surface area contributed by atoms with E-state index in [4.69, 9.17) is 10.1 Å². The molecule has 10 nitrogen and oxygen atoms in total. The predicted molar refractivity (Wildman–Crippen MR) is 146 cm³/mol. The molecule has 0 spiro atoms. The molecule has 3 N–H and O–H groups in total. The zero-order valence-electron chi connectivity index (χ0n) is 22.2. The number of likely N-dealkylation sites (N-methyl/N-ethyl adjacent to an activating group) is 1. The van der Waals surface area contributed by atoms with Crippen molar-refractivity contribution in [2.24, 2.45) is 0 Å². The molecule has 202 valence electrons. The van der Waals surface area contributed by atoms with E-state index in [-0.39, 0.29) is 12.5 Å². The van der Waals surface area contributed by atoms with E-state index in [2.05, 4.69) is 39.3 Å². The Morgan fingerprint density at radius 1 is 1.05 bits per heavy atom. The summed E-state index contributed by atoms with van der Waals surface area (Å²) in [5.41, 5.74) is 1.29. The van der Waals surface area contributed by atoms with Crippen molar-refractivity contribution in [1.29, 1.82) is 5.41 Å². The van der Waals surface area contributed by atoms with Crippen LogP contribution in [0, 0.1) is 17.3 Å². The van der Waals surface area contributed by atoms with Crippen LogP contribution in [0.25, 0.3) is 0 Å². The van der Waals surface area contributed by atoms with Crippen molar-refractivity contribution in [1.82, 2.24) is 25.3 Å². The van der Waals surface area contributed by atoms with Crippen LogP contribution < -0.4 is 15.4 Å². The van der Waals surface area contributed by atoms with E-state index in [9.17, 15) is 14.4 Å². The molecule has 3 aliphatic heterocycles. The summed E-state index contributed by atoms with van der Waals surface area (Å²) in [5.74, 6) is 6.30. The number of imide groups is 1. The van der Waals surface area contributed by atoms with Crippen molar-refractivity contribution in [2.45, 2.75) is 18.4 Å². The number of amidine groups is 1. The number of rotatable bonds is 4. The Kier molecular flexibility index (Phi) is 7.26. The van der Waals surface area contributed by atoms with Crippen LogP contribution >= 0.6 is 0 Å². The fourth-order valence-corrected chi connectivity index (χ4v) is 5.15. The molecule has 0 aromatic heterocycles. The maximum Gasteiger partial charge on any atom is 0.323 e. The Hall–Kier alpha value is -4.36. The average molecular weight is 529 g/mol. The molecule has 0 radical (unpaired) electrons. The molecule has 2 aromatic rings. The van der Waals surface area contributed by atoms with Gasteiger partial charge in [0.25, 0.3) is 11.8 Å². The lowest BCUT2D eigenvalue weighted by Gasteiger charge is -2.33. The lowest BCUT2D eigenvalue weighted by atomic mass is 9.94. The number of urea groups is 1. The lowest BCUT2D eigenvalue weighted by Crippen LogP contribution is -2.56. The van der Waals surface area contributed by atoms with Crippen LogP contribution in [-0.2, 0) is 11.2 Å². The Balaban J connectivity index is 1.34. The predicted octanol–water partition coefficient (Wildman–Crippen LogP) is 1.29. The van der Waals surface area contributed by atoms with Gasteiger partial charge in [0, 0.05) is 42.9 Å². The van der Waals surface area contributed by atoms with Crippen LogP contribution in [0.15, 0.2) is 42.5 Å². The molecule has 0 saturated carbocycles. The number of fused-ring (bicyclic) bond motifs is 1. The molecule has 0 bridgehead atoms. The molecule has 1 atom stereocenters. The highest BCUT2D eigenvalue weighted by molar-refractivity contribution is 6.10. The van der Waals surface area contributed by atoms with E-state index in [1.165, 1.54) is 0 Å². The number of nitrogens with one attached hydrogen (secondary N) is 3. The second kappa shape index (κ2) is 10.8. The third-order valence-corrected chi connectivity index (χ3v) is 7.47. The number of amides is 4. The minimum atomic E-state index is -1.57. The topological polar surface area (TPSA) is 118 Å². The number of ether oxygens (including phenoxy) is 1. The van der Waals surface area contributed by atoms with Gasteiger partial charge in [-0.3, -0.25) is 20.3 Å². The fourth-order valence-electron chi connectivity index (χ4n) is 5.15. The summed E-state index contributed by atoms with van der Waals surface area (Å²) in [6.45, 7) is 3.90. The van der Waals surface area contributed by atoms with E-state index < -0.39 is 17.5 Å².